The SMILES string of the molecule is Cc1nsnc1C(=O)N1CCCNC(=O)c2cc(Cl)ccc2OCCNC(=O)C1. The molecule has 11 heteroatoms. The van der Waals surface area contributed by atoms with E-state index in [-0.39, 0.29) is 49.7 Å². The number of benzene rings is 1. The normalized spacial score (nSPS) is 16.1. The first-order chi connectivity index (χ1) is 14.0. The highest BCUT2D eigenvalue weighted by Crippen LogP contribution is 2.23. The zero-order chi connectivity index (χ0) is 20.8. The van der Waals surface area contributed by atoms with Crippen molar-refractivity contribution in [2.24, 2.45) is 0 Å². The fourth-order valence-electron chi connectivity index (χ4n) is 2.78. The minimum Gasteiger partial charge on any atom is -0.491 e. The van der Waals surface area contributed by atoms with E-state index in [2.05, 4.69) is 19.4 Å². The van der Waals surface area contributed by atoms with Crippen LogP contribution >= 0.6 is 23.3 Å². The quantitative estimate of drug-likeness (QED) is 0.694. The number of carbonyl (C=O) groups excluding carboxylic acids is 3. The van der Waals surface area contributed by atoms with Gasteiger partial charge in [-0.25, -0.2) is 0 Å². The standard InChI is InChI=1S/C18H20ClN5O4S/c1-11-16(23-29-22-11)18(27)24-7-2-5-21-17(26)13-9-12(19)3-4-14(13)28-8-6-20-15(25)10-24/h3-4,9H,2,5-8,10H2,1H3,(H,20,25)(H,21,26). The van der Waals surface area contributed by atoms with Crippen LogP contribution < -0.4 is 15.4 Å². The van der Waals surface area contributed by atoms with Crippen LogP contribution in [0.25, 0.3) is 0 Å². The molecule has 0 unspecified atom stereocenters. The zero-order valence-electron chi connectivity index (χ0n) is 15.7. The lowest BCUT2D eigenvalue weighted by molar-refractivity contribution is -0.121. The number of fused-ring (bicyclic) bond motifs is 1. The van der Waals surface area contributed by atoms with Gasteiger partial charge in [0, 0.05) is 18.1 Å². The maximum Gasteiger partial charge on any atom is 0.275 e. The van der Waals surface area contributed by atoms with Crippen molar-refractivity contribution in [1.82, 2.24) is 24.3 Å². The molecule has 2 heterocycles. The fourth-order valence-corrected chi connectivity index (χ4v) is 3.49. The van der Waals surface area contributed by atoms with Crippen molar-refractivity contribution >= 4 is 41.1 Å². The van der Waals surface area contributed by atoms with Crippen LogP contribution in [0.15, 0.2) is 18.2 Å². The Kier molecular flexibility index (Phi) is 6.99. The molecule has 0 aliphatic carbocycles. The van der Waals surface area contributed by atoms with E-state index in [9.17, 15) is 14.4 Å². The van der Waals surface area contributed by atoms with Gasteiger partial charge in [0.1, 0.15) is 12.4 Å². The molecule has 3 amide bonds. The lowest BCUT2D eigenvalue weighted by Gasteiger charge is -2.22. The van der Waals surface area contributed by atoms with Crippen molar-refractivity contribution in [1.29, 1.82) is 0 Å². The zero-order valence-corrected chi connectivity index (χ0v) is 17.3. The predicted molar refractivity (Wildman–Crippen MR) is 107 cm³/mol. The van der Waals surface area contributed by atoms with Gasteiger partial charge < -0.3 is 20.3 Å². The van der Waals surface area contributed by atoms with Crippen molar-refractivity contribution < 1.29 is 19.1 Å². The van der Waals surface area contributed by atoms with Crippen LogP contribution in [0.5, 0.6) is 5.75 Å². The summed E-state index contributed by atoms with van der Waals surface area (Å²) in [4.78, 5) is 39.0. The van der Waals surface area contributed by atoms with Gasteiger partial charge >= 0.3 is 0 Å². The summed E-state index contributed by atoms with van der Waals surface area (Å²) in [6.07, 6.45) is 0.456. The molecule has 0 saturated carbocycles. The number of aryl methyl sites for hydroxylation is 1. The number of rotatable bonds is 1. The molecule has 0 radical (unpaired) electrons. The third-order valence-electron chi connectivity index (χ3n) is 4.24. The highest BCUT2D eigenvalue weighted by molar-refractivity contribution is 6.99. The fraction of sp³-hybridized carbons (Fsp3) is 0.389. The molecular weight excluding hydrogens is 418 g/mol. The number of nitrogens with zero attached hydrogens (tertiary/aromatic N) is 3. The molecule has 0 spiro atoms. The summed E-state index contributed by atoms with van der Waals surface area (Å²) in [6, 6.07) is 4.79. The summed E-state index contributed by atoms with van der Waals surface area (Å²) in [5.41, 5.74) is 1.08. The largest absolute Gasteiger partial charge is 0.491 e. The van der Waals surface area contributed by atoms with Gasteiger partial charge in [-0.2, -0.15) is 8.75 Å². The molecule has 1 aliphatic rings. The van der Waals surface area contributed by atoms with Crippen LogP contribution in [0.1, 0.15) is 33.0 Å². The molecule has 0 fully saturated rings. The topological polar surface area (TPSA) is 114 Å². The van der Waals surface area contributed by atoms with E-state index in [4.69, 9.17) is 16.3 Å². The molecule has 1 aromatic carbocycles. The first-order valence-electron chi connectivity index (χ1n) is 9.01. The first-order valence-corrected chi connectivity index (χ1v) is 10.1. The number of halogens is 1. The number of hydrogen-bond donors (Lipinski definition) is 2. The van der Waals surface area contributed by atoms with Crippen molar-refractivity contribution in [3.8, 4) is 5.75 Å². The summed E-state index contributed by atoms with van der Waals surface area (Å²) in [6.45, 7) is 2.56. The van der Waals surface area contributed by atoms with Crippen LogP contribution in [-0.4, -0.2) is 64.2 Å². The lowest BCUT2D eigenvalue weighted by Crippen LogP contribution is -2.43. The molecule has 0 bridgehead atoms. The summed E-state index contributed by atoms with van der Waals surface area (Å²) in [5, 5.41) is 5.93. The van der Waals surface area contributed by atoms with Crippen LogP contribution in [-0.2, 0) is 4.79 Å². The van der Waals surface area contributed by atoms with Crippen molar-refractivity contribution in [3.63, 3.8) is 0 Å². The number of aromatic nitrogens is 2. The molecule has 29 heavy (non-hydrogen) atoms. The smallest absolute Gasteiger partial charge is 0.275 e. The number of ether oxygens (including phenoxy) is 1. The molecule has 0 atom stereocenters. The predicted octanol–water partition coefficient (Wildman–Crippen LogP) is 1.27. The second-order valence-corrected chi connectivity index (χ2v) is 7.34. The van der Waals surface area contributed by atoms with Crippen LogP contribution in [0.2, 0.25) is 5.02 Å². The van der Waals surface area contributed by atoms with Crippen LogP contribution in [0, 0.1) is 6.92 Å². The maximum atomic E-state index is 12.8. The van der Waals surface area contributed by atoms with E-state index in [1.165, 1.54) is 11.0 Å². The Morgan fingerprint density at radius 1 is 1.24 bits per heavy atom. The van der Waals surface area contributed by atoms with Gasteiger partial charge in [0.2, 0.25) is 5.91 Å². The number of amides is 3. The van der Waals surface area contributed by atoms with Gasteiger partial charge in [-0.05, 0) is 31.5 Å². The van der Waals surface area contributed by atoms with E-state index in [1.54, 1.807) is 19.1 Å². The summed E-state index contributed by atoms with van der Waals surface area (Å²) in [7, 11) is 0. The van der Waals surface area contributed by atoms with E-state index >= 15 is 0 Å². The van der Waals surface area contributed by atoms with Gasteiger partial charge in [-0.1, -0.05) is 11.6 Å². The maximum absolute atomic E-state index is 12.8. The molecular formula is C18H20ClN5O4S. The van der Waals surface area contributed by atoms with Crippen LogP contribution in [0.3, 0.4) is 0 Å². The number of nitrogens with one attached hydrogen (secondary N) is 2. The van der Waals surface area contributed by atoms with Crippen molar-refractivity contribution in [2.75, 3.05) is 32.8 Å². The molecule has 2 N–H and O–H groups in total. The molecule has 1 aromatic heterocycles. The Hall–Kier alpha value is -2.72. The Morgan fingerprint density at radius 2 is 2.07 bits per heavy atom. The Morgan fingerprint density at radius 3 is 2.83 bits per heavy atom. The van der Waals surface area contributed by atoms with E-state index < -0.39 is 0 Å². The average molecular weight is 438 g/mol. The van der Waals surface area contributed by atoms with Crippen molar-refractivity contribution in [2.45, 2.75) is 13.3 Å². The van der Waals surface area contributed by atoms with Gasteiger partial charge in [0.15, 0.2) is 5.69 Å². The second-order valence-electron chi connectivity index (χ2n) is 6.37. The Labute approximate surface area is 176 Å². The Balaban J connectivity index is 1.74. The molecule has 0 saturated heterocycles. The third kappa shape index (κ3) is 5.42. The number of hydrogen-bond acceptors (Lipinski definition) is 7. The Bertz CT molecular complexity index is 919. The van der Waals surface area contributed by atoms with E-state index in [0.717, 1.165) is 11.7 Å². The highest BCUT2D eigenvalue weighted by atomic mass is 35.5. The lowest BCUT2D eigenvalue weighted by atomic mass is 10.2. The van der Waals surface area contributed by atoms with Crippen LogP contribution in [0.4, 0.5) is 0 Å². The minimum atomic E-state index is -0.363. The van der Waals surface area contributed by atoms with Gasteiger partial charge in [-0.3, -0.25) is 14.4 Å². The summed E-state index contributed by atoms with van der Waals surface area (Å²) >= 11 is 6.95. The average Bonchev–Trinajstić information content (AvgIpc) is 3.13. The molecule has 1 aliphatic heterocycles. The first kappa shape index (κ1) is 21.0. The van der Waals surface area contributed by atoms with E-state index in [1.807, 2.05) is 0 Å². The molecule has 154 valence electrons. The van der Waals surface area contributed by atoms with Crippen molar-refractivity contribution in [3.05, 3.63) is 40.2 Å². The van der Waals surface area contributed by atoms with Gasteiger partial charge in [0.05, 0.1) is 36.1 Å². The second kappa shape index (κ2) is 9.66. The molecule has 2 aromatic rings. The minimum absolute atomic E-state index is 0.115. The summed E-state index contributed by atoms with van der Waals surface area (Å²) < 4.78 is 13.7. The van der Waals surface area contributed by atoms with E-state index in [0.29, 0.717) is 35.0 Å². The highest BCUT2D eigenvalue weighted by Gasteiger charge is 2.23. The summed E-state index contributed by atoms with van der Waals surface area (Å²) in [5.74, 6) is -0.596. The van der Waals surface area contributed by atoms with Gasteiger partial charge in [-0.15, -0.1) is 0 Å². The third-order valence-corrected chi connectivity index (χ3v) is 5.09. The van der Waals surface area contributed by atoms with Gasteiger partial charge in [0.25, 0.3) is 11.8 Å². The number of carbonyl (C=O) groups is 3. The molecule has 9 nitrogen and oxygen atoms in total. The monoisotopic (exact) mass is 437 g/mol. The molecule has 3 rings (SSSR count).